The smallest absolute Gasteiger partial charge is 0.343 e. The molecule has 0 unspecified atom stereocenters. The molecule has 1 saturated heterocycles. The van der Waals surface area contributed by atoms with Gasteiger partial charge >= 0.3 is 5.97 Å². The molecule has 146 valence electrons. The second-order valence-corrected chi connectivity index (χ2v) is 6.97. The predicted octanol–water partition coefficient (Wildman–Crippen LogP) is 1.30. The number of aromatic carboxylic acids is 1. The second-order valence-electron chi connectivity index (χ2n) is 6.97. The maximum absolute atomic E-state index is 14.7. The molecular weight excluding hydrogens is 365 g/mol. The van der Waals surface area contributed by atoms with Gasteiger partial charge in [0, 0.05) is 31.6 Å². The van der Waals surface area contributed by atoms with Gasteiger partial charge in [0.1, 0.15) is 22.8 Å². The van der Waals surface area contributed by atoms with Crippen LogP contribution in [0.3, 0.4) is 0 Å². The number of halogens is 1. The summed E-state index contributed by atoms with van der Waals surface area (Å²) in [6.07, 6.45) is 0. The third kappa shape index (κ3) is 2.66. The topological polar surface area (TPSA) is 113 Å². The first kappa shape index (κ1) is 18.2. The first-order chi connectivity index (χ1) is 13.3. The summed E-state index contributed by atoms with van der Waals surface area (Å²) in [5, 5.41) is 13.1. The van der Waals surface area contributed by atoms with Crippen molar-refractivity contribution in [1.29, 1.82) is 0 Å². The first-order valence-electron chi connectivity index (χ1n) is 8.96. The van der Waals surface area contributed by atoms with Gasteiger partial charge in [-0.15, -0.1) is 0 Å². The van der Waals surface area contributed by atoms with Crippen molar-refractivity contribution in [2.45, 2.75) is 13.0 Å². The van der Waals surface area contributed by atoms with Gasteiger partial charge in [0.15, 0.2) is 0 Å². The molecule has 3 heterocycles. The molecule has 0 bridgehead atoms. The quantitative estimate of drug-likeness (QED) is 0.580. The number of nitrogens with two attached hydrogens (primary N) is 1. The maximum atomic E-state index is 14.7. The van der Waals surface area contributed by atoms with Crippen LogP contribution in [0, 0.1) is 5.82 Å². The minimum Gasteiger partial charge on any atom is -0.477 e. The zero-order valence-corrected chi connectivity index (χ0v) is 15.5. The number of likely N-dealkylation sites (N-methyl/N-ethyl adjacent to an activating group) is 1. The summed E-state index contributed by atoms with van der Waals surface area (Å²) in [6.45, 7) is 4.30. The molecule has 0 atom stereocenters. The standard InChI is InChI=1S/C19H20FN5O3/c1-3-22-10-7-25(8-10)14-6-13-9(5-12(14)20)4-11-16(26)15(19(27)28)17(21)24(2)18(11)23-13/h4-6,10,22H,3,7-8,21H2,1-2H3,(H,27,28). The first-order valence-corrected chi connectivity index (χ1v) is 8.96. The molecule has 1 fully saturated rings. The minimum atomic E-state index is -1.41. The van der Waals surface area contributed by atoms with Crippen LogP contribution in [-0.2, 0) is 7.05 Å². The van der Waals surface area contributed by atoms with E-state index < -0.39 is 22.8 Å². The fourth-order valence-electron chi connectivity index (χ4n) is 3.67. The summed E-state index contributed by atoms with van der Waals surface area (Å²) >= 11 is 0. The van der Waals surface area contributed by atoms with Crippen LogP contribution in [0.5, 0.6) is 0 Å². The Morgan fingerprint density at radius 3 is 2.75 bits per heavy atom. The van der Waals surface area contributed by atoms with Crippen molar-refractivity contribution in [2.75, 3.05) is 30.3 Å². The molecule has 2 aromatic heterocycles. The molecule has 0 spiro atoms. The molecule has 28 heavy (non-hydrogen) atoms. The van der Waals surface area contributed by atoms with E-state index in [-0.39, 0.29) is 16.9 Å². The number of carboxylic acids is 1. The highest BCUT2D eigenvalue weighted by atomic mass is 19.1. The molecule has 0 aliphatic carbocycles. The number of aryl methyl sites for hydroxylation is 1. The normalized spacial score (nSPS) is 14.6. The van der Waals surface area contributed by atoms with Crippen molar-refractivity contribution >= 4 is 39.4 Å². The highest BCUT2D eigenvalue weighted by Crippen LogP contribution is 2.30. The summed E-state index contributed by atoms with van der Waals surface area (Å²) in [4.78, 5) is 30.4. The molecule has 4 rings (SSSR count). The van der Waals surface area contributed by atoms with Crippen LogP contribution >= 0.6 is 0 Å². The highest BCUT2D eigenvalue weighted by molar-refractivity contribution is 6.00. The number of carboxylic acid groups (broad SMARTS) is 1. The SMILES string of the molecule is CCNC1CN(c2cc3nc4c(cc3cc2F)c(=O)c(C(=O)O)c(N)n4C)C1. The van der Waals surface area contributed by atoms with Crippen molar-refractivity contribution in [2.24, 2.45) is 7.05 Å². The summed E-state index contributed by atoms with van der Waals surface area (Å²) in [6, 6.07) is 4.78. The van der Waals surface area contributed by atoms with Gasteiger partial charge in [0.2, 0.25) is 5.43 Å². The lowest BCUT2D eigenvalue weighted by Gasteiger charge is -2.41. The number of nitrogens with zero attached hydrogens (tertiary/aromatic N) is 3. The Balaban J connectivity index is 1.88. The van der Waals surface area contributed by atoms with E-state index in [2.05, 4.69) is 10.3 Å². The minimum absolute atomic E-state index is 0.0879. The van der Waals surface area contributed by atoms with Crippen LogP contribution in [0.1, 0.15) is 17.3 Å². The van der Waals surface area contributed by atoms with E-state index in [1.807, 2.05) is 11.8 Å². The van der Waals surface area contributed by atoms with Crippen LogP contribution in [-0.4, -0.2) is 46.3 Å². The molecule has 0 radical (unpaired) electrons. The molecule has 0 amide bonds. The van der Waals surface area contributed by atoms with Gasteiger partial charge in [-0.05, 0) is 24.7 Å². The summed E-state index contributed by atoms with van der Waals surface area (Å²) < 4.78 is 16.0. The van der Waals surface area contributed by atoms with E-state index in [1.165, 1.54) is 16.7 Å². The molecule has 9 heteroatoms. The Kier molecular flexibility index (Phi) is 4.19. The van der Waals surface area contributed by atoms with E-state index in [1.54, 1.807) is 13.1 Å². The fraction of sp³-hybridized carbons (Fsp3) is 0.316. The Bertz CT molecular complexity index is 1180. The van der Waals surface area contributed by atoms with Gasteiger partial charge in [0.25, 0.3) is 0 Å². The predicted molar refractivity (Wildman–Crippen MR) is 105 cm³/mol. The molecule has 1 aliphatic heterocycles. The Morgan fingerprint density at radius 2 is 2.11 bits per heavy atom. The zero-order valence-electron chi connectivity index (χ0n) is 15.5. The van der Waals surface area contributed by atoms with Crippen LogP contribution in [0.15, 0.2) is 23.0 Å². The van der Waals surface area contributed by atoms with Crippen LogP contribution in [0.2, 0.25) is 0 Å². The van der Waals surface area contributed by atoms with E-state index in [0.29, 0.717) is 35.7 Å². The van der Waals surface area contributed by atoms with E-state index in [4.69, 9.17) is 5.73 Å². The number of pyridine rings is 2. The average molecular weight is 385 g/mol. The Labute approximate surface area is 159 Å². The third-order valence-corrected chi connectivity index (χ3v) is 5.20. The van der Waals surface area contributed by atoms with Crippen LogP contribution in [0.25, 0.3) is 21.9 Å². The number of aromatic nitrogens is 2. The second kappa shape index (κ2) is 6.45. The Hall–Kier alpha value is -3.20. The zero-order chi connectivity index (χ0) is 20.2. The molecule has 1 aliphatic rings. The lowest BCUT2D eigenvalue weighted by molar-refractivity contribution is 0.0696. The molecule has 1 aromatic carbocycles. The van der Waals surface area contributed by atoms with Crippen molar-refractivity contribution in [3.63, 3.8) is 0 Å². The Morgan fingerprint density at radius 1 is 1.39 bits per heavy atom. The van der Waals surface area contributed by atoms with E-state index in [0.717, 1.165) is 6.54 Å². The van der Waals surface area contributed by atoms with Gasteiger partial charge in [0.05, 0.1) is 16.6 Å². The van der Waals surface area contributed by atoms with Gasteiger partial charge in [-0.3, -0.25) is 4.79 Å². The van der Waals surface area contributed by atoms with Crippen molar-refractivity contribution < 1.29 is 14.3 Å². The van der Waals surface area contributed by atoms with Gasteiger partial charge in [-0.25, -0.2) is 14.2 Å². The van der Waals surface area contributed by atoms with Crippen LogP contribution in [0.4, 0.5) is 15.9 Å². The van der Waals surface area contributed by atoms with Crippen LogP contribution < -0.4 is 21.4 Å². The number of fused-ring (bicyclic) bond motifs is 2. The number of anilines is 2. The fourth-order valence-corrected chi connectivity index (χ4v) is 3.67. The highest BCUT2D eigenvalue weighted by Gasteiger charge is 2.28. The summed E-state index contributed by atoms with van der Waals surface area (Å²) in [5.74, 6) is -1.99. The number of hydrogen-bond acceptors (Lipinski definition) is 6. The number of carbonyl (C=O) groups is 1. The molecule has 3 aromatic rings. The average Bonchev–Trinajstić information content (AvgIpc) is 2.61. The third-order valence-electron chi connectivity index (χ3n) is 5.20. The lowest BCUT2D eigenvalue weighted by Crippen LogP contribution is -2.58. The number of rotatable bonds is 4. The van der Waals surface area contributed by atoms with Crippen molar-refractivity contribution in [3.05, 3.63) is 39.8 Å². The van der Waals surface area contributed by atoms with Crippen molar-refractivity contribution in [3.8, 4) is 0 Å². The lowest BCUT2D eigenvalue weighted by atomic mass is 10.1. The largest absolute Gasteiger partial charge is 0.477 e. The molecule has 8 nitrogen and oxygen atoms in total. The number of nitrogen functional groups attached to an aromatic ring is 1. The van der Waals surface area contributed by atoms with Gasteiger partial charge < -0.3 is 25.6 Å². The summed E-state index contributed by atoms with van der Waals surface area (Å²) in [5.41, 5.74) is 5.82. The van der Waals surface area contributed by atoms with Gasteiger partial charge in [-0.1, -0.05) is 6.92 Å². The molecule has 4 N–H and O–H groups in total. The molecule has 0 saturated carbocycles. The summed E-state index contributed by atoms with van der Waals surface area (Å²) in [7, 11) is 1.54. The van der Waals surface area contributed by atoms with Gasteiger partial charge in [-0.2, -0.15) is 0 Å². The number of hydrogen-bond donors (Lipinski definition) is 3. The molecular formula is C19H20FN5O3. The maximum Gasteiger partial charge on any atom is 0.343 e. The number of nitrogens with one attached hydrogen (secondary N) is 1. The van der Waals surface area contributed by atoms with Crippen molar-refractivity contribution in [1.82, 2.24) is 14.9 Å². The number of benzene rings is 1. The van der Waals surface area contributed by atoms with E-state index >= 15 is 0 Å². The monoisotopic (exact) mass is 385 g/mol. The van der Waals surface area contributed by atoms with E-state index in [9.17, 15) is 19.1 Å².